The van der Waals surface area contributed by atoms with Gasteiger partial charge in [0.05, 0.1) is 5.69 Å². The summed E-state index contributed by atoms with van der Waals surface area (Å²) in [5.41, 5.74) is 1.01. The van der Waals surface area contributed by atoms with Crippen LogP contribution in [0.2, 0.25) is 0 Å². The smallest absolute Gasteiger partial charge is 0.322 e. The van der Waals surface area contributed by atoms with E-state index in [2.05, 4.69) is 20.2 Å². The van der Waals surface area contributed by atoms with Crippen LogP contribution in [0.5, 0.6) is 0 Å². The van der Waals surface area contributed by atoms with Gasteiger partial charge in [-0.05, 0) is 30.7 Å². The molecule has 0 bridgehead atoms. The van der Waals surface area contributed by atoms with E-state index < -0.39 is 0 Å². The zero-order valence-corrected chi connectivity index (χ0v) is 13.4. The predicted molar refractivity (Wildman–Crippen MR) is 91.8 cm³/mol. The van der Waals surface area contributed by atoms with E-state index >= 15 is 0 Å². The topological polar surface area (TPSA) is 81.3 Å². The summed E-state index contributed by atoms with van der Waals surface area (Å²) in [6.07, 6.45) is 4.23. The first kappa shape index (κ1) is 16.2. The van der Waals surface area contributed by atoms with Gasteiger partial charge in [0.2, 0.25) is 0 Å². The number of pyridine rings is 2. The Labute approximate surface area is 140 Å². The summed E-state index contributed by atoms with van der Waals surface area (Å²) in [5.74, 6) is 0. The summed E-state index contributed by atoms with van der Waals surface area (Å²) in [4.78, 5) is 35.0. The Bertz CT molecular complexity index is 731. The molecule has 126 valence electrons. The summed E-state index contributed by atoms with van der Waals surface area (Å²) in [7, 11) is 0. The van der Waals surface area contributed by atoms with Crippen LogP contribution >= 0.6 is 0 Å². The van der Waals surface area contributed by atoms with Gasteiger partial charge in [-0.3, -0.25) is 14.7 Å². The molecule has 1 aliphatic rings. The van der Waals surface area contributed by atoms with Gasteiger partial charge in [0.1, 0.15) is 5.69 Å². The lowest BCUT2D eigenvalue weighted by atomic mass is 10.3. The second kappa shape index (κ2) is 7.74. The van der Waals surface area contributed by atoms with Crippen LogP contribution in [0.3, 0.4) is 0 Å². The average molecular weight is 327 g/mol. The Hall–Kier alpha value is -2.67. The van der Waals surface area contributed by atoms with Crippen LogP contribution < -0.4 is 10.9 Å². The number of aromatic amines is 1. The zero-order chi connectivity index (χ0) is 16.8. The summed E-state index contributed by atoms with van der Waals surface area (Å²) in [6, 6.07) is 8.96. The fourth-order valence-corrected chi connectivity index (χ4v) is 2.77. The number of hydrogen-bond donors (Lipinski definition) is 2. The number of rotatable bonds is 3. The SMILES string of the molecule is O=C(Nc1ccc[nH]c1=O)N1CCCN(Cc2ccccn2)CC1. The van der Waals surface area contributed by atoms with E-state index in [0.29, 0.717) is 13.1 Å². The summed E-state index contributed by atoms with van der Waals surface area (Å²) >= 11 is 0. The zero-order valence-electron chi connectivity index (χ0n) is 13.4. The minimum Gasteiger partial charge on any atom is -0.327 e. The number of H-pyrrole nitrogens is 1. The highest BCUT2D eigenvalue weighted by Crippen LogP contribution is 2.09. The number of amides is 2. The number of aromatic nitrogens is 2. The van der Waals surface area contributed by atoms with Crippen molar-refractivity contribution >= 4 is 11.7 Å². The number of urea groups is 1. The molecule has 24 heavy (non-hydrogen) atoms. The molecule has 7 nitrogen and oxygen atoms in total. The maximum atomic E-state index is 12.4. The Morgan fingerprint density at radius 2 is 2.08 bits per heavy atom. The van der Waals surface area contributed by atoms with Crippen LogP contribution in [0.1, 0.15) is 12.1 Å². The van der Waals surface area contributed by atoms with Gasteiger partial charge in [-0.25, -0.2) is 4.79 Å². The van der Waals surface area contributed by atoms with Gasteiger partial charge in [-0.2, -0.15) is 0 Å². The number of nitrogens with zero attached hydrogens (tertiary/aromatic N) is 3. The number of carbonyl (C=O) groups excluding carboxylic acids is 1. The van der Waals surface area contributed by atoms with Crippen molar-refractivity contribution in [2.45, 2.75) is 13.0 Å². The first-order chi connectivity index (χ1) is 11.7. The summed E-state index contributed by atoms with van der Waals surface area (Å²) in [6.45, 7) is 3.80. The van der Waals surface area contributed by atoms with E-state index in [9.17, 15) is 9.59 Å². The highest BCUT2D eigenvalue weighted by molar-refractivity contribution is 5.89. The molecule has 0 unspecified atom stereocenters. The van der Waals surface area contributed by atoms with Crippen molar-refractivity contribution in [3.05, 3.63) is 58.8 Å². The van der Waals surface area contributed by atoms with Gasteiger partial charge in [0.25, 0.3) is 5.56 Å². The second-order valence-electron chi connectivity index (χ2n) is 5.78. The Kier molecular flexibility index (Phi) is 5.22. The molecule has 0 atom stereocenters. The van der Waals surface area contributed by atoms with Crippen LogP contribution in [-0.2, 0) is 6.54 Å². The molecule has 0 spiro atoms. The third-order valence-electron chi connectivity index (χ3n) is 4.05. The summed E-state index contributed by atoms with van der Waals surface area (Å²) in [5, 5.41) is 2.68. The average Bonchev–Trinajstić information content (AvgIpc) is 2.83. The minimum absolute atomic E-state index is 0.230. The fourth-order valence-electron chi connectivity index (χ4n) is 2.77. The number of hydrogen-bond acceptors (Lipinski definition) is 4. The first-order valence-corrected chi connectivity index (χ1v) is 8.08. The van der Waals surface area contributed by atoms with Gasteiger partial charge in [-0.15, -0.1) is 0 Å². The van der Waals surface area contributed by atoms with Gasteiger partial charge in [-0.1, -0.05) is 6.07 Å². The largest absolute Gasteiger partial charge is 0.327 e. The lowest BCUT2D eigenvalue weighted by Gasteiger charge is -2.22. The van der Waals surface area contributed by atoms with Crippen LogP contribution in [-0.4, -0.2) is 52.0 Å². The van der Waals surface area contributed by atoms with Crippen molar-refractivity contribution < 1.29 is 4.79 Å². The Morgan fingerprint density at radius 1 is 1.17 bits per heavy atom. The van der Waals surface area contributed by atoms with E-state index in [1.807, 2.05) is 18.2 Å². The van der Waals surface area contributed by atoms with E-state index in [1.54, 1.807) is 29.4 Å². The molecule has 2 aromatic heterocycles. The standard InChI is InChI=1S/C17H21N5O2/c23-16-15(6-3-8-19-16)20-17(24)22-10-4-9-21(11-12-22)13-14-5-1-2-7-18-14/h1-3,5-8H,4,9-13H2,(H,19,23)(H,20,24). The highest BCUT2D eigenvalue weighted by atomic mass is 16.2. The van der Waals surface area contributed by atoms with Crippen LogP contribution in [0.25, 0.3) is 0 Å². The number of carbonyl (C=O) groups is 1. The number of anilines is 1. The molecule has 2 aromatic rings. The van der Waals surface area contributed by atoms with Crippen molar-refractivity contribution in [2.75, 3.05) is 31.5 Å². The maximum absolute atomic E-state index is 12.4. The van der Waals surface area contributed by atoms with Gasteiger partial charge < -0.3 is 15.2 Å². The molecule has 3 rings (SSSR count). The van der Waals surface area contributed by atoms with Gasteiger partial charge >= 0.3 is 6.03 Å². The molecular formula is C17H21N5O2. The van der Waals surface area contributed by atoms with Crippen molar-refractivity contribution in [3.63, 3.8) is 0 Å². The van der Waals surface area contributed by atoms with Crippen molar-refractivity contribution in [1.82, 2.24) is 19.8 Å². The molecule has 3 heterocycles. The van der Waals surface area contributed by atoms with E-state index in [-0.39, 0.29) is 17.3 Å². The van der Waals surface area contributed by atoms with Crippen molar-refractivity contribution in [3.8, 4) is 0 Å². The van der Waals surface area contributed by atoms with Crippen molar-refractivity contribution in [1.29, 1.82) is 0 Å². The predicted octanol–water partition coefficient (Wildman–Crippen LogP) is 1.51. The third-order valence-corrected chi connectivity index (χ3v) is 4.05. The maximum Gasteiger partial charge on any atom is 0.322 e. The fraction of sp³-hybridized carbons (Fsp3) is 0.353. The summed E-state index contributed by atoms with van der Waals surface area (Å²) < 4.78 is 0. The molecule has 1 aliphatic heterocycles. The molecule has 7 heteroatoms. The Balaban J connectivity index is 1.56. The molecule has 1 fully saturated rings. The normalized spacial score (nSPS) is 15.8. The van der Waals surface area contributed by atoms with Crippen LogP contribution in [0, 0.1) is 0 Å². The van der Waals surface area contributed by atoms with Gasteiger partial charge in [0, 0.05) is 45.1 Å². The van der Waals surface area contributed by atoms with Gasteiger partial charge in [0.15, 0.2) is 0 Å². The van der Waals surface area contributed by atoms with Crippen LogP contribution in [0.15, 0.2) is 47.5 Å². The van der Waals surface area contributed by atoms with Crippen LogP contribution in [0.4, 0.5) is 10.5 Å². The molecule has 0 aliphatic carbocycles. The third kappa shape index (κ3) is 4.20. The van der Waals surface area contributed by atoms with E-state index in [4.69, 9.17) is 0 Å². The molecule has 0 aromatic carbocycles. The van der Waals surface area contributed by atoms with E-state index in [1.165, 1.54) is 0 Å². The molecule has 2 N–H and O–H groups in total. The quantitative estimate of drug-likeness (QED) is 0.895. The monoisotopic (exact) mass is 327 g/mol. The minimum atomic E-state index is -0.294. The van der Waals surface area contributed by atoms with E-state index in [0.717, 1.165) is 31.7 Å². The molecular weight excluding hydrogens is 306 g/mol. The molecule has 2 amide bonds. The molecule has 0 radical (unpaired) electrons. The van der Waals surface area contributed by atoms with Crippen molar-refractivity contribution in [2.24, 2.45) is 0 Å². The lowest BCUT2D eigenvalue weighted by molar-refractivity contribution is 0.211. The highest BCUT2D eigenvalue weighted by Gasteiger charge is 2.20. The number of nitrogens with one attached hydrogen (secondary N) is 2. The molecule has 1 saturated heterocycles. The lowest BCUT2D eigenvalue weighted by Crippen LogP contribution is -2.39. The molecule has 0 saturated carbocycles. The first-order valence-electron chi connectivity index (χ1n) is 8.08. The Morgan fingerprint density at radius 3 is 2.88 bits per heavy atom. The second-order valence-corrected chi connectivity index (χ2v) is 5.78.